The Hall–Kier alpha value is -1.69. The normalized spacial score (nSPS) is 23.3. The highest BCUT2D eigenvalue weighted by Crippen LogP contribution is 2.20. The number of nitrogens with zero attached hydrogens (tertiary/aromatic N) is 4. The van der Waals surface area contributed by atoms with Crippen LogP contribution in [-0.4, -0.2) is 54.2 Å². The van der Waals surface area contributed by atoms with E-state index in [9.17, 15) is 4.79 Å². The summed E-state index contributed by atoms with van der Waals surface area (Å²) in [5, 5.41) is 8.13. The number of hydrogen-bond donors (Lipinski definition) is 1. The highest BCUT2D eigenvalue weighted by Gasteiger charge is 2.24. The minimum absolute atomic E-state index is 0.136. The summed E-state index contributed by atoms with van der Waals surface area (Å²) >= 11 is 0. The Balaban J connectivity index is 2.08. The summed E-state index contributed by atoms with van der Waals surface area (Å²) in [6.45, 7) is 3.90. The van der Waals surface area contributed by atoms with Crippen molar-refractivity contribution in [2.75, 3.05) is 32.1 Å². The molecule has 104 valence electrons. The van der Waals surface area contributed by atoms with Crippen LogP contribution in [0.25, 0.3) is 0 Å². The van der Waals surface area contributed by atoms with Crippen LogP contribution in [0, 0.1) is 5.92 Å². The summed E-state index contributed by atoms with van der Waals surface area (Å²) < 4.78 is 0. The Morgan fingerprint density at radius 1 is 1.42 bits per heavy atom. The summed E-state index contributed by atoms with van der Waals surface area (Å²) in [7, 11) is 3.39. The largest absolute Gasteiger partial charge is 0.354 e. The molecule has 6 heteroatoms. The number of anilines is 1. The van der Waals surface area contributed by atoms with Gasteiger partial charge in [0.1, 0.15) is 0 Å². The van der Waals surface area contributed by atoms with Crippen molar-refractivity contribution in [3.8, 4) is 0 Å². The SMILES string of the molecule is CC1CCN(c2ccc(C(=O)N(C)C)nn2)CC1N. The lowest BCUT2D eigenvalue weighted by atomic mass is 9.94. The van der Waals surface area contributed by atoms with Gasteiger partial charge in [0.25, 0.3) is 5.91 Å². The van der Waals surface area contributed by atoms with E-state index in [2.05, 4.69) is 22.0 Å². The molecule has 2 rings (SSSR count). The predicted octanol–water partition coefficient (Wildman–Crippen LogP) is 0.352. The van der Waals surface area contributed by atoms with Crippen LogP contribution < -0.4 is 10.6 Å². The van der Waals surface area contributed by atoms with Gasteiger partial charge in [0.15, 0.2) is 11.5 Å². The summed E-state index contributed by atoms with van der Waals surface area (Å²) in [5.74, 6) is 1.19. The molecule has 1 aliphatic heterocycles. The molecule has 2 heterocycles. The van der Waals surface area contributed by atoms with Gasteiger partial charge in [-0.25, -0.2) is 0 Å². The molecule has 0 radical (unpaired) electrons. The van der Waals surface area contributed by atoms with Crippen molar-refractivity contribution in [1.82, 2.24) is 15.1 Å². The molecule has 2 atom stereocenters. The average molecular weight is 263 g/mol. The molecule has 19 heavy (non-hydrogen) atoms. The van der Waals surface area contributed by atoms with Crippen molar-refractivity contribution in [3.05, 3.63) is 17.8 Å². The van der Waals surface area contributed by atoms with Crippen molar-refractivity contribution in [2.24, 2.45) is 11.7 Å². The molecule has 1 amide bonds. The molecule has 1 fully saturated rings. The Bertz CT molecular complexity index is 445. The smallest absolute Gasteiger partial charge is 0.273 e. The van der Waals surface area contributed by atoms with Crippen LogP contribution >= 0.6 is 0 Å². The molecule has 1 aromatic rings. The maximum atomic E-state index is 11.7. The van der Waals surface area contributed by atoms with Crippen LogP contribution in [0.5, 0.6) is 0 Å². The third-order valence-electron chi connectivity index (χ3n) is 3.62. The monoisotopic (exact) mass is 263 g/mol. The van der Waals surface area contributed by atoms with Crippen LogP contribution in [0.15, 0.2) is 12.1 Å². The van der Waals surface area contributed by atoms with E-state index in [-0.39, 0.29) is 11.9 Å². The second kappa shape index (κ2) is 5.52. The van der Waals surface area contributed by atoms with Crippen LogP contribution in [0.3, 0.4) is 0 Å². The van der Waals surface area contributed by atoms with E-state index in [1.807, 2.05) is 6.07 Å². The van der Waals surface area contributed by atoms with E-state index in [1.165, 1.54) is 4.90 Å². The Kier molecular flexibility index (Phi) is 3.99. The molecular weight excluding hydrogens is 242 g/mol. The van der Waals surface area contributed by atoms with E-state index < -0.39 is 0 Å². The fourth-order valence-corrected chi connectivity index (χ4v) is 2.14. The van der Waals surface area contributed by atoms with Crippen molar-refractivity contribution in [1.29, 1.82) is 0 Å². The first kappa shape index (κ1) is 13.7. The van der Waals surface area contributed by atoms with Gasteiger partial charge in [-0.3, -0.25) is 4.79 Å². The zero-order valence-corrected chi connectivity index (χ0v) is 11.7. The van der Waals surface area contributed by atoms with E-state index in [0.717, 1.165) is 25.3 Å². The maximum absolute atomic E-state index is 11.7. The number of carbonyl (C=O) groups is 1. The fraction of sp³-hybridized carbons (Fsp3) is 0.615. The van der Waals surface area contributed by atoms with Gasteiger partial charge in [-0.15, -0.1) is 10.2 Å². The molecule has 6 nitrogen and oxygen atoms in total. The standard InChI is InChI=1S/C13H21N5O/c1-9-6-7-18(8-10(9)14)12-5-4-11(15-16-12)13(19)17(2)3/h4-5,9-10H,6-8,14H2,1-3H3. The van der Waals surface area contributed by atoms with Crippen LogP contribution in [0.4, 0.5) is 5.82 Å². The van der Waals surface area contributed by atoms with Crippen molar-refractivity contribution in [3.63, 3.8) is 0 Å². The second-order valence-electron chi connectivity index (χ2n) is 5.35. The molecule has 0 aliphatic carbocycles. The quantitative estimate of drug-likeness (QED) is 0.833. The van der Waals surface area contributed by atoms with Gasteiger partial charge >= 0.3 is 0 Å². The Morgan fingerprint density at radius 3 is 2.68 bits per heavy atom. The number of aromatic nitrogens is 2. The van der Waals surface area contributed by atoms with E-state index in [4.69, 9.17) is 5.73 Å². The number of rotatable bonds is 2. The number of piperidine rings is 1. The average Bonchev–Trinajstić information content (AvgIpc) is 2.41. The van der Waals surface area contributed by atoms with Crippen LogP contribution in [-0.2, 0) is 0 Å². The minimum Gasteiger partial charge on any atom is -0.354 e. The second-order valence-corrected chi connectivity index (χ2v) is 5.35. The first-order valence-electron chi connectivity index (χ1n) is 6.55. The van der Waals surface area contributed by atoms with Crippen LogP contribution in [0.2, 0.25) is 0 Å². The zero-order valence-electron chi connectivity index (χ0n) is 11.7. The number of hydrogen-bond acceptors (Lipinski definition) is 5. The highest BCUT2D eigenvalue weighted by molar-refractivity contribution is 5.91. The summed E-state index contributed by atoms with van der Waals surface area (Å²) in [6, 6.07) is 3.72. The van der Waals surface area contributed by atoms with Gasteiger partial charge in [-0.2, -0.15) is 0 Å². The van der Waals surface area contributed by atoms with Crippen molar-refractivity contribution < 1.29 is 4.79 Å². The van der Waals surface area contributed by atoms with Crippen LogP contribution in [0.1, 0.15) is 23.8 Å². The maximum Gasteiger partial charge on any atom is 0.273 e. The fourth-order valence-electron chi connectivity index (χ4n) is 2.14. The molecule has 0 aromatic carbocycles. The van der Waals surface area contributed by atoms with E-state index in [0.29, 0.717) is 11.6 Å². The van der Waals surface area contributed by atoms with Gasteiger partial charge in [-0.1, -0.05) is 6.92 Å². The number of carbonyl (C=O) groups excluding carboxylic acids is 1. The topological polar surface area (TPSA) is 75.4 Å². The minimum atomic E-state index is -0.136. The van der Waals surface area contributed by atoms with Crippen molar-refractivity contribution >= 4 is 11.7 Å². The Labute approximate surface area is 113 Å². The lowest BCUT2D eigenvalue weighted by molar-refractivity contribution is 0.0821. The third kappa shape index (κ3) is 3.01. The molecule has 2 N–H and O–H groups in total. The van der Waals surface area contributed by atoms with Gasteiger partial charge in [-0.05, 0) is 24.5 Å². The van der Waals surface area contributed by atoms with E-state index >= 15 is 0 Å². The van der Waals surface area contributed by atoms with Gasteiger partial charge in [0.2, 0.25) is 0 Å². The molecule has 1 saturated heterocycles. The molecule has 0 bridgehead atoms. The molecule has 0 saturated carbocycles. The molecule has 1 aromatic heterocycles. The molecule has 0 spiro atoms. The Morgan fingerprint density at radius 2 is 2.16 bits per heavy atom. The third-order valence-corrected chi connectivity index (χ3v) is 3.62. The zero-order chi connectivity index (χ0) is 14.0. The molecule has 2 unspecified atom stereocenters. The summed E-state index contributed by atoms with van der Waals surface area (Å²) in [4.78, 5) is 15.3. The van der Waals surface area contributed by atoms with E-state index in [1.54, 1.807) is 20.2 Å². The molecule has 1 aliphatic rings. The van der Waals surface area contributed by atoms with Gasteiger partial charge < -0.3 is 15.5 Å². The highest BCUT2D eigenvalue weighted by atomic mass is 16.2. The first-order chi connectivity index (χ1) is 8.99. The summed E-state index contributed by atoms with van der Waals surface area (Å²) in [6.07, 6.45) is 1.06. The molecular formula is C13H21N5O. The number of amides is 1. The van der Waals surface area contributed by atoms with Gasteiger partial charge in [0, 0.05) is 33.2 Å². The van der Waals surface area contributed by atoms with Crippen molar-refractivity contribution in [2.45, 2.75) is 19.4 Å². The predicted molar refractivity (Wildman–Crippen MR) is 74.0 cm³/mol. The lowest BCUT2D eigenvalue weighted by Crippen LogP contribution is -2.48. The van der Waals surface area contributed by atoms with Gasteiger partial charge in [0.05, 0.1) is 0 Å². The first-order valence-corrected chi connectivity index (χ1v) is 6.55. The summed E-state index contributed by atoms with van der Waals surface area (Å²) in [5.41, 5.74) is 6.44. The number of nitrogens with two attached hydrogens (primary N) is 1. The lowest BCUT2D eigenvalue weighted by Gasteiger charge is -2.35.